The minimum Gasteiger partial charge on any atom is -0.493 e. The van der Waals surface area contributed by atoms with Crippen molar-refractivity contribution in [1.82, 2.24) is 14.0 Å². The first kappa shape index (κ1) is 27.8. The summed E-state index contributed by atoms with van der Waals surface area (Å²) in [5, 5.41) is 0. The fourth-order valence-electron chi connectivity index (χ4n) is 5.90. The van der Waals surface area contributed by atoms with Crippen molar-refractivity contribution in [2.45, 2.75) is 65.1 Å². The highest BCUT2D eigenvalue weighted by atomic mass is 32.2. The molecule has 3 aliphatic heterocycles. The Labute approximate surface area is 229 Å². The SMILES string of the molecule is CC(C)COc1cc(F)cc(-c2ccc(C(=O)NS(=O)(=O)N3C[C@H]4C[C@@H]3CO4)c(N3C[C@@H](C)CC3(C)C)n2)c1. The normalized spacial score (nSPS) is 24.5. The lowest BCUT2D eigenvalue weighted by Gasteiger charge is -2.34. The van der Waals surface area contributed by atoms with Crippen LogP contribution in [0.1, 0.15) is 57.8 Å². The van der Waals surface area contributed by atoms with Crippen LogP contribution in [0.3, 0.4) is 0 Å². The zero-order valence-corrected chi connectivity index (χ0v) is 23.9. The molecule has 3 saturated heterocycles. The summed E-state index contributed by atoms with van der Waals surface area (Å²) in [4.78, 5) is 20.4. The van der Waals surface area contributed by atoms with Gasteiger partial charge in [-0.15, -0.1) is 0 Å². The van der Waals surface area contributed by atoms with Gasteiger partial charge in [0, 0.05) is 30.3 Å². The molecule has 11 heteroatoms. The number of benzene rings is 1. The molecule has 0 unspecified atom stereocenters. The molecule has 3 atom stereocenters. The summed E-state index contributed by atoms with van der Waals surface area (Å²) in [6.07, 6.45) is 1.38. The molecule has 2 bridgehead atoms. The number of hydrogen-bond donors (Lipinski definition) is 1. The molecule has 212 valence electrons. The lowest BCUT2D eigenvalue weighted by Crippen LogP contribution is -2.49. The molecule has 5 rings (SSSR count). The fraction of sp³-hybridized carbons (Fsp3) is 0.571. The first-order chi connectivity index (χ1) is 18.3. The maximum Gasteiger partial charge on any atom is 0.304 e. The number of aromatic nitrogens is 1. The number of amides is 1. The molecule has 1 aromatic carbocycles. The molecule has 4 heterocycles. The van der Waals surface area contributed by atoms with Gasteiger partial charge in [-0.1, -0.05) is 20.8 Å². The molecule has 1 aromatic heterocycles. The maximum absolute atomic E-state index is 14.6. The van der Waals surface area contributed by atoms with E-state index in [-0.39, 0.29) is 35.7 Å². The lowest BCUT2D eigenvalue weighted by atomic mass is 9.97. The quantitative estimate of drug-likeness (QED) is 0.521. The third-order valence-corrected chi connectivity index (χ3v) is 9.09. The Balaban J connectivity index is 1.50. The van der Waals surface area contributed by atoms with Crippen LogP contribution in [0, 0.1) is 17.7 Å². The number of carbonyl (C=O) groups excluding carboxylic acids is 1. The van der Waals surface area contributed by atoms with Gasteiger partial charge in [-0.2, -0.15) is 12.7 Å². The summed E-state index contributed by atoms with van der Waals surface area (Å²) >= 11 is 0. The summed E-state index contributed by atoms with van der Waals surface area (Å²) in [5.74, 6) is 0.183. The molecule has 39 heavy (non-hydrogen) atoms. The zero-order valence-electron chi connectivity index (χ0n) is 23.1. The Morgan fingerprint density at radius 3 is 2.64 bits per heavy atom. The summed E-state index contributed by atoms with van der Waals surface area (Å²) < 4.78 is 55.7. The molecule has 3 fully saturated rings. The van der Waals surface area contributed by atoms with E-state index in [1.165, 1.54) is 16.4 Å². The molecule has 0 aliphatic carbocycles. The van der Waals surface area contributed by atoms with Gasteiger partial charge in [0.1, 0.15) is 17.4 Å². The van der Waals surface area contributed by atoms with Crippen molar-refractivity contribution in [3.05, 3.63) is 41.7 Å². The van der Waals surface area contributed by atoms with Crippen molar-refractivity contribution in [3.63, 3.8) is 0 Å². The van der Waals surface area contributed by atoms with Crippen molar-refractivity contribution < 1.29 is 27.1 Å². The first-order valence-electron chi connectivity index (χ1n) is 13.5. The lowest BCUT2D eigenvalue weighted by molar-refractivity contribution is 0.0601. The molecule has 3 aliphatic rings. The maximum atomic E-state index is 14.6. The number of rotatable bonds is 8. The standard InChI is InChI=1S/C28H37FN4O5S/c1-17(2)15-37-22-9-19(8-20(29)10-22)25-7-6-24(26(30-25)32-13-18(3)12-28(32,4)5)27(34)31-39(35,36)33-14-23-11-21(33)16-38-23/h6-10,17-18,21,23H,11-16H2,1-5H3,(H,31,34)/t18-,21+,23+/m0/s1. The van der Waals surface area contributed by atoms with Gasteiger partial charge in [-0.3, -0.25) is 4.79 Å². The van der Waals surface area contributed by atoms with Crippen LogP contribution in [0.5, 0.6) is 5.75 Å². The van der Waals surface area contributed by atoms with Gasteiger partial charge in [0.15, 0.2) is 0 Å². The number of halogens is 1. The van der Waals surface area contributed by atoms with Gasteiger partial charge in [-0.05, 0) is 62.8 Å². The number of nitrogens with one attached hydrogen (secondary N) is 1. The van der Waals surface area contributed by atoms with E-state index in [4.69, 9.17) is 14.5 Å². The number of ether oxygens (including phenoxy) is 2. The second-order valence-electron chi connectivity index (χ2n) is 12.0. The fourth-order valence-corrected chi connectivity index (χ4v) is 7.26. The van der Waals surface area contributed by atoms with Gasteiger partial charge in [0.2, 0.25) is 0 Å². The summed E-state index contributed by atoms with van der Waals surface area (Å²) in [6, 6.07) is 7.36. The smallest absolute Gasteiger partial charge is 0.304 e. The van der Waals surface area contributed by atoms with E-state index in [1.54, 1.807) is 18.2 Å². The minimum atomic E-state index is -4.06. The van der Waals surface area contributed by atoms with Crippen LogP contribution in [0.25, 0.3) is 11.3 Å². The Morgan fingerprint density at radius 2 is 2.03 bits per heavy atom. The van der Waals surface area contributed by atoms with Gasteiger partial charge < -0.3 is 14.4 Å². The van der Waals surface area contributed by atoms with Crippen LogP contribution in [0.4, 0.5) is 10.2 Å². The van der Waals surface area contributed by atoms with Gasteiger partial charge in [0.05, 0.1) is 36.6 Å². The first-order valence-corrected chi connectivity index (χ1v) is 14.9. The van der Waals surface area contributed by atoms with Crippen LogP contribution in [0.2, 0.25) is 0 Å². The Kier molecular flexibility index (Phi) is 7.36. The number of fused-ring (bicyclic) bond motifs is 2. The van der Waals surface area contributed by atoms with Crippen molar-refractivity contribution in [1.29, 1.82) is 0 Å². The van der Waals surface area contributed by atoms with Crippen LogP contribution < -0.4 is 14.4 Å². The molecule has 2 aromatic rings. The van der Waals surface area contributed by atoms with Gasteiger partial charge >= 0.3 is 10.2 Å². The number of carbonyl (C=O) groups is 1. The summed E-state index contributed by atoms with van der Waals surface area (Å²) in [6.45, 7) is 12.0. The van der Waals surface area contributed by atoms with Crippen molar-refractivity contribution in [2.24, 2.45) is 11.8 Å². The van der Waals surface area contributed by atoms with Crippen molar-refractivity contribution in [3.8, 4) is 17.0 Å². The van der Waals surface area contributed by atoms with E-state index in [2.05, 4.69) is 25.5 Å². The summed E-state index contributed by atoms with van der Waals surface area (Å²) in [5.41, 5.74) is 0.797. The number of nitrogens with zero attached hydrogens (tertiary/aromatic N) is 3. The largest absolute Gasteiger partial charge is 0.493 e. The predicted molar refractivity (Wildman–Crippen MR) is 146 cm³/mol. The van der Waals surface area contributed by atoms with Gasteiger partial charge in [0.25, 0.3) is 5.91 Å². The van der Waals surface area contributed by atoms with Gasteiger partial charge in [-0.25, -0.2) is 14.1 Å². The molecule has 0 saturated carbocycles. The van der Waals surface area contributed by atoms with E-state index in [9.17, 15) is 17.6 Å². The monoisotopic (exact) mass is 560 g/mol. The molecule has 0 spiro atoms. The van der Waals surface area contributed by atoms with Crippen LogP contribution in [0.15, 0.2) is 30.3 Å². The molecule has 0 radical (unpaired) electrons. The molecule has 1 N–H and O–H groups in total. The van der Waals surface area contributed by atoms with E-state index < -0.39 is 21.9 Å². The van der Waals surface area contributed by atoms with Crippen LogP contribution in [-0.4, -0.2) is 67.6 Å². The highest BCUT2D eigenvalue weighted by molar-refractivity contribution is 7.87. The Hall–Kier alpha value is -2.76. The molecular weight excluding hydrogens is 523 g/mol. The van der Waals surface area contributed by atoms with Crippen LogP contribution in [-0.2, 0) is 14.9 Å². The predicted octanol–water partition coefficient (Wildman–Crippen LogP) is 4.00. The summed E-state index contributed by atoms with van der Waals surface area (Å²) in [7, 11) is -4.06. The Morgan fingerprint density at radius 1 is 1.26 bits per heavy atom. The van der Waals surface area contributed by atoms with E-state index in [0.717, 1.165) is 6.42 Å². The highest BCUT2D eigenvalue weighted by Crippen LogP contribution is 2.39. The van der Waals surface area contributed by atoms with E-state index >= 15 is 0 Å². The van der Waals surface area contributed by atoms with Crippen molar-refractivity contribution >= 4 is 21.9 Å². The molecular formula is C28H37FN4O5S. The van der Waals surface area contributed by atoms with E-state index in [0.29, 0.717) is 54.9 Å². The number of hydrogen-bond acceptors (Lipinski definition) is 7. The van der Waals surface area contributed by atoms with E-state index in [1.807, 2.05) is 18.7 Å². The minimum absolute atomic E-state index is 0.134. The zero-order chi connectivity index (χ0) is 28.1. The molecule has 1 amide bonds. The second-order valence-corrected chi connectivity index (χ2v) is 13.7. The number of anilines is 1. The van der Waals surface area contributed by atoms with Crippen molar-refractivity contribution in [2.75, 3.05) is 31.2 Å². The Bertz CT molecular complexity index is 1370. The topological polar surface area (TPSA) is 101 Å². The van der Waals surface area contributed by atoms with Crippen LogP contribution >= 0.6 is 0 Å². The average Bonchev–Trinajstić information content (AvgIpc) is 3.56. The number of morpholine rings is 1. The number of pyridine rings is 1. The third-order valence-electron chi connectivity index (χ3n) is 7.58. The molecule has 9 nitrogen and oxygen atoms in total. The second kappa shape index (κ2) is 10.3. The highest BCUT2D eigenvalue weighted by Gasteiger charge is 2.46. The third kappa shape index (κ3) is 5.76. The average molecular weight is 561 g/mol.